The van der Waals surface area contributed by atoms with E-state index in [0.29, 0.717) is 18.6 Å². The highest BCUT2D eigenvalue weighted by atomic mass is 16.5. The van der Waals surface area contributed by atoms with Crippen molar-refractivity contribution in [2.24, 2.45) is 5.92 Å². The van der Waals surface area contributed by atoms with Crippen LogP contribution in [-0.4, -0.2) is 60.3 Å². The van der Waals surface area contributed by atoms with Crippen molar-refractivity contribution in [3.8, 4) is 5.75 Å². The van der Waals surface area contributed by atoms with Gasteiger partial charge in [0.05, 0.1) is 6.61 Å². The third kappa shape index (κ3) is 5.79. The molecule has 0 bridgehead atoms. The molecule has 0 aliphatic carbocycles. The van der Waals surface area contributed by atoms with Crippen LogP contribution in [0.5, 0.6) is 5.75 Å². The summed E-state index contributed by atoms with van der Waals surface area (Å²) in [4.78, 5) is 5.05. The highest BCUT2D eigenvalue weighted by Gasteiger charge is 2.26. The zero-order chi connectivity index (χ0) is 16.7. The predicted molar refractivity (Wildman–Crippen MR) is 94.8 cm³/mol. The van der Waals surface area contributed by atoms with Gasteiger partial charge in [-0.05, 0) is 37.0 Å². The van der Waals surface area contributed by atoms with Crippen molar-refractivity contribution in [3.05, 3.63) is 29.8 Å². The van der Waals surface area contributed by atoms with E-state index in [1.165, 1.54) is 5.56 Å². The van der Waals surface area contributed by atoms with Crippen molar-refractivity contribution in [1.29, 1.82) is 0 Å². The Labute approximate surface area is 141 Å². The zero-order valence-corrected chi connectivity index (χ0v) is 14.9. The zero-order valence-electron chi connectivity index (χ0n) is 14.9. The van der Waals surface area contributed by atoms with Gasteiger partial charge in [0.2, 0.25) is 0 Å². The highest BCUT2D eigenvalue weighted by Crippen LogP contribution is 2.19. The Morgan fingerprint density at radius 3 is 2.83 bits per heavy atom. The van der Waals surface area contributed by atoms with Crippen molar-refractivity contribution in [1.82, 2.24) is 9.80 Å². The molecule has 23 heavy (non-hydrogen) atoms. The van der Waals surface area contributed by atoms with E-state index in [4.69, 9.17) is 4.74 Å². The van der Waals surface area contributed by atoms with Gasteiger partial charge in [0, 0.05) is 45.4 Å². The second kappa shape index (κ2) is 9.26. The summed E-state index contributed by atoms with van der Waals surface area (Å²) in [6.45, 7) is 12.8. The van der Waals surface area contributed by atoms with Crippen LogP contribution in [0.2, 0.25) is 0 Å². The van der Waals surface area contributed by atoms with Crippen LogP contribution in [0.3, 0.4) is 0 Å². The summed E-state index contributed by atoms with van der Waals surface area (Å²) in [6, 6.07) is 8.86. The Kier molecular flexibility index (Phi) is 7.34. The molecule has 1 aromatic carbocycles. The van der Waals surface area contributed by atoms with Crippen molar-refractivity contribution in [2.75, 3.05) is 39.4 Å². The average molecular weight is 320 g/mol. The van der Waals surface area contributed by atoms with Gasteiger partial charge in [-0.3, -0.25) is 9.80 Å². The summed E-state index contributed by atoms with van der Waals surface area (Å²) >= 11 is 0. The lowest BCUT2D eigenvalue weighted by Gasteiger charge is -2.42. The molecule has 1 fully saturated rings. The maximum atomic E-state index is 9.38. The van der Waals surface area contributed by atoms with E-state index in [-0.39, 0.29) is 6.61 Å². The third-order valence-electron chi connectivity index (χ3n) is 4.37. The molecule has 1 N–H and O–H groups in total. The molecule has 130 valence electrons. The molecule has 0 unspecified atom stereocenters. The minimum Gasteiger partial charge on any atom is -0.494 e. The standard InChI is InChI=1S/C19H32N2O2/c1-4-23-19-7-5-6-17(12-19)14-20-9-10-21(13-16(2)3)18(15-20)8-11-22/h5-7,12,16,18,22H,4,8-11,13-15H2,1-3H3/t18-/m1/s1. The lowest BCUT2D eigenvalue weighted by Crippen LogP contribution is -2.53. The largest absolute Gasteiger partial charge is 0.494 e. The molecule has 1 heterocycles. The van der Waals surface area contributed by atoms with Crippen LogP contribution in [0.15, 0.2) is 24.3 Å². The Morgan fingerprint density at radius 1 is 1.30 bits per heavy atom. The van der Waals surface area contributed by atoms with Gasteiger partial charge in [0.25, 0.3) is 0 Å². The first kappa shape index (κ1) is 18.2. The smallest absolute Gasteiger partial charge is 0.119 e. The number of aliphatic hydroxyl groups is 1. The second-order valence-corrected chi connectivity index (χ2v) is 6.87. The molecule has 0 spiro atoms. The number of ether oxygens (including phenoxy) is 1. The van der Waals surface area contributed by atoms with E-state index in [1.807, 2.05) is 13.0 Å². The van der Waals surface area contributed by atoms with Crippen LogP contribution in [0.25, 0.3) is 0 Å². The molecule has 0 amide bonds. The quantitative estimate of drug-likeness (QED) is 0.799. The number of rotatable bonds is 8. The van der Waals surface area contributed by atoms with Crippen LogP contribution >= 0.6 is 0 Å². The first-order valence-corrected chi connectivity index (χ1v) is 8.91. The van der Waals surface area contributed by atoms with Gasteiger partial charge in [-0.25, -0.2) is 0 Å². The monoisotopic (exact) mass is 320 g/mol. The fourth-order valence-corrected chi connectivity index (χ4v) is 3.39. The summed E-state index contributed by atoms with van der Waals surface area (Å²) in [5, 5.41) is 9.38. The maximum absolute atomic E-state index is 9.38. The first-order valence-electron chi connectivity index (χ1n) is 8.91. The lowest BCUT2D eigenvalue weighted by atomic mass is 10.1. The van der Waals surface area contributed by atoms with Crippen LogP contribution < -0.4 is 4.74 Å². The second-order valence-electron chi connectivity index (χ2n) is 6.87. The van der Waals surface area contributed by atoms with Crippen molar-refractivity contribution in [2.45, 2.75) is 39.8 Å². The molecule has 4 nitrogen and oxygen atoms in total. The van der Waals surface area contributed by atoms with Gasteiger partial charge in [-0.2, -0.15) is 0 Å². The first-order chi connectivity index (χ1) is 11.1. The highest BCUT2D eigenvalue weighted by molar-refractivity contribution is 5.28. The molecular formula is C19H32N2O2. The predicted octanol–water partition coefficient (Wildman–Crippen LogP) is 2.61. The summed E-state index contributed by atoms with van der Waals surface area (Å²) < 4.78 is 5.60. The van der Waals surface area contributed by atoms with E-state index < -0.39 is 0 Å². The van der Waals surface area contributed by atoms with Crippen molar-refractivity contribution in [3.63, 3.8) is 0 Å². The lowest BCUT2D eigenvalue weighted by molar-refractivity contribution is 0.0476. The number of benzene rings is 1. The Balaban J connectivity index is 1.95. The fourth-order valence-electron chi connectivity index (χ4n) is 3.39. The fraction of sp³-hybridized carbons (Fsp3) is 0.684. The average Bonchev–Trinajstić information content (AvgIpc) is 2.50. The summed E-state index contributed by atoms with van der Waals surface area (Å²) in [5.74, 6) is 1.63. The van der Waals surface area contributed by atoms with E-state index in [0.717, 1.165) is 44.9 Å². The molecule has 2 rings (SSSR count). The summed E-state index contributed by atoms with van der Waals surface area (Å²) in [7, 11) is 0. The van der Waals surface area contributed by atoms with Crippen molar-refractivity contribution >= 4 is 0 Å². The molecule has 0 saturated carbocycles. The number of aliphatic hydroxyl groups excluding tert-OH is 1. The number of hydrogen-bond acceptors (Lipinski definition) is 4. The minimum atomic E-state index is 0.271. The molecule has 1 aliphatic rings. The normalized spacial score (nSPS) is 20.1. The molecule has 1 aliphatic heterocycles. The minimum absolute atomic E-state index is 0.271. The molecule has 0 radical (unpaired) electrons. The molecule has 1 saturated heterocycles. The Hall–Kier alpha value is -1.10. The maximum Gasteiger partial charge on any atom is 0.119 e. The number of hydrogen-bond donors (Lipinski definition) is 1. The van der Waals surface area contributed by atoms with Gasteiger partial charge in [0.1, 0.15) is 5.75 Å². The van der Waals surface area contributed by atoms with Gasteiger partial charge in [-0.15, -0.1) is 0 Å². The van der Waals surface area contributed by atoms with Gasteiger partial charge in [-0.1, -0.05) is 26.0 Å². The van der Waals surface area contributed by atoms with Crippen molar-refractivity contribution < 1.29 is 9.84 Å². The molecule has 0 aromatic heterocycles. The van der Waals surface area contributed by atoms with E-state index >= 15 is 0 Å². The van der Waals surface area contributed by atoms with Crippen LogP contribution in [0, 0.1) is 5.92 Å². The third-order valence-corrected chi connectivity index (χ3v) is 4.37. The molecule has 4 heteroatoms. The molecule has 1 atom stereocenters. The van der Waals surface area contributed by atoms with E-state index in [2.05, 4.69) is 41.8 Å². The Bertz CT molecular complexity index is 464. The van der Waals surface area contributed by atoms with Crippen LogP contribution in [-0.2, 0) is 6.54 Å². The van der Waals surface area contributed by atoms with Gasteiger partial charge in [0.15, 0.2) is 0 Å². The number of nitrogens with zero attached hydrogens (tertiary/aromatic N) is 2. The molecule has 1 aromatic rings. The van der Waals surface area contributed by atoms with E-state index in [9.17, 15) is 5.11 Å². The topological polar surface area (TPSA) is 35.9 Å². The van der Waals surface area contributed by atoms with E-state index in [1.54, 1.807) is 0 Å². The summed E-state index contributed by atoms with van der Waals surface area (Å²) in [5.41, 5.74) is 1.30. The number of piperazine rings is 1. The molecular weight excluding hydrogens is 288 g/mol. The van der Waals surface area contributed by atoms with Gasteiger partial charge >= 0.3 is 0 Å². The SMILES string of the molecule is CCOc1cccc(CN2CCN(CC(C)C)[C@H](CCO)C2)c1. The van der Waals surface area contributed by atoms with Gasteiger partial charge < -0.3 is 9.84 Å². The van der Waals surface area contributed by atoms with Crippen LogP contribution in [0.1, 0.15) is 32.8 Å². The van der Waals surface area contributed by atoms with Crippen LogP contribution in [0.4, 0.5) is 0 Å². The Morgan fingerprint density at radius 2 is 2.13 bits per heavy atom. The summed E-state index contributed by atoms with van der Waals surface area (Å²) in [6.07, 6.45) is 0.863.